The van der Waals surface area contributed by atoms with Crippen LogP contribution in [-0.2, 0) is 0 Å². The molecule has 1 N–H and O–H groups in total. The summed E-state index contributed by atoms with van der Waals surface area (Å²) in [6, 6.07) is 9.77. The molecule has 2 unspecified atom stereocenters. The first-order chi connectivity index (χ1) is 6.79. The van der Waals surface area contributed by atoms with E-state index in [2.05, 4.69) is 43.6 Å². The molecule has 0 bridgehead atoms. The van der Waals surface area contributed by atoms with Gasteiger partial charge in [-0.15, -0.1) is 0 Å². The van der Waals surface area contributed by atoms with E-state index in [9.17, 15) is 0 Å². The molecule has 0 heterocycles. The second-order valence-electron chi connectivity index (χ2n) is 4.41. The second kappa shape index (κ2) is 4.14. The fraction of sp³-hybridized carbons (Fsp3) is 0.538. The molecule has 1 saturated carbocycles. The number of hydrogen-bond donors (Lipinski definition) is 1. The van der Waals surface area contributed by atoms with Gasteiger partial charge in [-0.25, -0.2) is 0 Å². The summed E-state index contributed by atoms with van der Waals surface area (Å²) in [5.74, 6) is 0.785. The van der Waals surface area contributed by atoms with E-state index in [1.807, 2.05) is 0 Å². The lowest BCUT2D eigenvalue weighted by molar-refractivity contribution is 0.572. The summed E-state index contributed by atoms with van der Waals surface area (Å²) in [6.07, 6.45) is 3.98. The van der Waals surface area contributed by atoms with E-state index in [1.54, 1.807) is 0 Å². The van der Waals surface area contributed by atoms with Crippen LogP contribution < -0.4 is 5.32 Å². The molecule has 2 rings (SSSR count). The van der Waals surface area contributed by atoms with Crippen molar-refractivity contribution in [2.24, 2.45) is 0 Å². The fourth-order valence-corrected chi connectivity index (χ4v) is 2.39. The molecule has 76 valence electrons. The Bertz CT molecular complexity index is 289. The van der Waals surface area contributed by atoms with E-state index < -0.39 is 0 Å². The summed E-state index contributed by atoms with van der Waals surface area (Å²) < 4.78 is 0. The molecule has 0 spiro atoms. The minimum atomic E-state index is 0.737. The maximum atomic E-state index is 3.38. The van der Waals surface area contributed by atoms with Crippen molar-refractivity contribution in [2.45, 2.75) is 38.1 Å². The standard InChI is InChI=1S/C13H19N/c1-10-3-5-11(6-4-10)12-7-8-13(9-12)14-2/h3-6,12-14H,7-9H2,1-2H3. The highest BCUT2D eigenvalue weighted by Crippen LogP contribution is 2.34. The summed E-state index contributed by atoms with van der Waals surface area (Å²) in [7, 11) is 2.07. The topological polar surface area (TPSA) is 12.0 Å². The molecule has 1 aromatic carbocycles. The van der Waals surface area contributed by atoms with Crippen LogP contribution in [0.5, 0.6) is 0 Å². The van der Waals surface area contributed by atoms with E-state index in [-0.39, 0.29) is 0 Å². The first-order valence-corrected chi connectivity index (χ1v) is 5.53. The summed E-state index contributed by atoms with van der Waals surface area (Å²) >= 11 is 0. The zero-order valence-electron chi connectivity index (χ0n) is 9.09. The van der Waals surface area contributed by atoms with Crippen LogP contribution in [0.2, 0.25) is 0 Å². The quantitative estimate of drug-likeness (QED) is 0.754. The lowest BCUT2D eigenvalue weighted by Crippen LogP contribution is -2.21. The monoisotopic (exact) mass is 189 g/mol. The lowest BCUT2D eigenvalue weighted by Gasteiger charge is -2.11. The van der Waals surface area contributed by atoms with Crippen molar-refractivity contribution >= 4 is 0 Å². The van der Waals surface area contributed by atoms with Gasteiger partial charge in [0, 0.05) is 6.04 Å². The van der Waals surface area contributed by atoms with Gasteiger partial charge in [0.1, 0.15) is 0 Å². The van der Waals surface area contributed by atoms with E-state index in [0.29, 0.717) is 0 Å². The predicted molar refractivity (Wildman–Crippen MR) is 60.6 cm³/mol. The smallest absolute Gasteiger partial charge is 0.00701 e. The molecule has 0 radical (unpaired) electrons. The largest absolute Gasteiger partial charge is 0.317 e. The molecule has 1 nitrogen and oxygen atoms in total. The zero-order valence-corrected chi connectivity index (χ0v) is 9.09. The Kier molecular flexibility index (Phi) is 2.87. The Morgan fingerprint density at radius 2 is 1.86 bits per heavy atom. The van der Waals surface area contributed by atoms with Gasteiger partial charge in [-0.1, -0.05) is 29.8 Å². The average Bonchev–Trinajstić information content (AvgIpc) is 2.67. The predicted octanol–water partition coefficient (Wildman–Crippen LogP) is 2.85. The molecular formula is C13H19N. The Labute approximate surface area is 86.5 Å². The third-order valence-corrected chi connectivity index (χ3v) is 3.39. The molecule has 0 amide bonds. The van der Waals surface area contributed by atoms with E-state index >= 15 is 0 Å². The Hall–Kier alpha value is -0.820. The molecule has 1 aliphatic rings. The molecule has 2 atom stereocenters. The van der Waals surface area contributed by atoms with E-state index in [0.717, 1.165) is 12.0 Å². The Morgan fingerprint density at radius 3 is 2.43 bits per heavy atom. The van der Waals surface area contributed by atoms with Gasteiger partial charge in [0.2, 0.25) is 0 Å². The highest BCUT2D eigenvalue weighted by atomic mass is 14.9. The molecule has 0 aliphatic heterocycles. The Balaban J connectivity index is 2.06. The molecule has 1 fully saturated rings. The highest BCUT2D eigenvalue weighted by molar-refractivity contribution is 5.25. The SMILES string of the molecule is CNC1CCC(c2ccc(C)cc2)C1. The maximum absolute atomic E-state index is 3.38. The van der Waals surface area contributed by atoms with Gasteiger partial charge in [0.25, 0.3) is 0 Å². The molecule has 1 aromatic rings. The van der Waals surface area contributed by atoms with Crippen LogP contribution in [0.25, 0.3) is 0 Å². The highest BCUT2D eigenvalue weighted by Gasteiger charge is 2.24. The van der Waals surface area contributed by atoms with Crippen LogP contribution in [-0.4, -0.2) is 13.1 Å². The van der Waals surface area contributed by atoms with Crippen molar-refractivity contribution in [2.75, 3.05) is 7.05 Å². The summed E-state index contributed by atoms with van der Waals surface area (Å²) in [5.41, 5.74) is 2.88. The van der Waals surface area contributed by atoms with Gasteiger partial charge in [0.15, 0.2) is 0 Å². The van der Waals surface area contributed by atoms with Crippen molar-refractivity contribution in [3.05, 3.63) is 35.4 Å². The lowest BCUT2D eigenvalue weighted by atomic mass is 9.97. The summed E-state index contributed by atoms with van der Waals surface area (Å²) in [4.78, 5) is 0. The number of nitrogens with one attached hydrogen (secondary N) is 1. The van der Waals surface area contributed by atoms with Crippen molar-refractivity contribution < 1.29 is 0 Å². The van der Waals surface area contributed by atoms with Gasteiger partial charge in [-0.05, 0) is 44.7 Å². The van der Waals surface area contributed by atoms with Gasteiger partial charge in [0.05, 0.1) is 0 Å². The molecule has 14 heavy (non-hydrogen) atoms. The molecule has 0 saturated heterocycles. The van der Waals surface area contributed by atoms with Crippen LogP contribution in [0.3, 0.4) is 0 Å². The number of rotatable bonds is 2. The van der Waals surface area contributed by atoms with Crippen LogP contribution in [0.4, 0.5) is 0 Å². The van der Waals surface area contributed by atoms with Crippen LogP contribution in [0.1, 0.15) is 36.3 Å². The second-order valence-corrected chi connectivity index (χ2v) is 4.41. The van der Waals surface area contributed by atoms with Gasteiger partial charge < -0.3 is 5.32 Å². The van der Waals surface area contributed by atoms with Gasteiger partial charge in [-0.3, -0.25) is 0 Å². The van der Waals surface area contributed by atoms with Crippen molar-refractivity contribution in [3.63, 3.8) is 0 Å². The van der Waals surface area contributed by atoms with Crippen molar-refractivity contribution in [3.8, 4) is 0 Å². The molecule has 0 aromatic heterocycles. The van der Waals surface area contributed by atoms with Crippen LogP contribution in [0, 0.1) is 6.92 Å². The average molecular weight is 189 g/mol. The summed E-state index contributed by atoms with van der Waals surface area (Å²) in [6.45, 7) is 2.15. The zero-order chi connectivity index (χ0) is 9.97. The third-order valence-electron chi connectivity index (χ3n) is 3.39. The maximum Gasteiger partial charge on any atom is 0.00701 e. The van der Waals surface area contributed by atoms with Crippen LogP contribution in [0.15, 0.2) is 24.3 Å². The summed E-state index contributed by atoms with van der Waals surface area (Å²) in [5, 5.41) is 3.38. The molecule has 1 heteroatoms. The van der Waals surface area contributed by atoms with Gasteiger partial charge in [-0.2, -0.15) is 0 Å². The first-order valence-electron chi connectivity index (χ1n) is 5.53. The molecule has 1 aliphatic carbocycles. The number of hydrogen-bond acceptors (Lipinski definition) is 1. The van der Waals surface area contributed by atoms with Crippen LogP contribution >= 0.6 is 0 Å². The minimum Gasteiger partial charge on any atom is -0.317 e. The minimum absolute atomic E-state index is 0.737. The van der Waals surface area contributed by atoms with E-state index in [1.165, 1.54) is 30.4 Å². The van der Waals surface area contributed by atoms with Gasteiger partial charge >= 0.3 is 0 Å². The third kappa shape index (κ3) is 1.98. The normalized spacial score (nSPS) is 26.7. The van der Waals surface area contributed by atoms with Crippen molar-refractivity contribution in [1.29, 1.82) is 0 Å². The fourth-order valence-electron chi connectivity index (χ4n) is 2.39. The Morgan fingerprint density at radius 1 is 1.14 bits per heavy atom. The first kappa shape index (κ1) is 9.72. The molecular weight excluding hydrogens is 170 g/mol. The number of benzene rings is 1. The number of aryl methyl sites for hydroxylation is 1. The van der Waals surface area contributed by atoms with E-state index in [4.69, 9.17) is 0 Å². The van der Waals surface area contributed by atoms with Crippen molar-refractivity contribution in [1.82, 2.24) is 5.32 Å².